The summed E-state index contributed by atoms with van der Waals surface area (Å²) in [7, 11) is 0. The second-order valence-electron chi connectivity index (χ2n) is 5.36. The van der Waals surface area contributed by atoms with Crippen LogP contribution in [0.1, 0.15) is 27.2 Å². The van der Waals surface area contributed by atoms with Gasteiger partial charge in [-0.1, -0.05) is 13.8 Å². The highest BCUT2D eigenvalue weighted by Gasteiger charge is 2.39. The Bertz CT molecular complexity index is 242. The van der Waals surface area contributed by atoms with Crippen LogP contribution in [0.25, 0.3) is 0 Å². The zero-order valence-electron chi connectivity index (χ0n) is 10.5. The topological polar surface area (TPSA) is 49.8 Å². The Kier molecular flexibility index (Phi) is 4.74. The molecule has 1 unspecified atom stereocenters. The number of hydrogen-bond donors (Lipinski definition) is 1. The molecule has 0 aliphatic carbocycles. The highest BCUT2D eigenvalue weighted by Crippen LogP contribution is 2.29. The van der Waals surface area contributed by atoms with Crippen molar-refractivity contribution < 1.29 is 14.6 Å². The second kappa shape index (κ2) is 5.64. The highest BCUT2D eigenvalue weighted by molar-refractivity contribution is 5.74. The van der Waals surface area contributed by atoms with Gasteiger partial charge in [0.1, 0.15) is 0 Å². The number of likely N-dealkylation sites (tertiary alicyclic amines) is 1. The van der Waals surface area contributed by atoms with Crippen molar-refractivity contribution in [3.63, 3.8) is 0 Å². The van der Waals surface area contributed by atoms with Crippen molar-refractivity contribution in [1.82, 2.24) is 4.90 Å². The fraction of sp³-hybridized carbons (Fsp3) is 0.917. The van der Waals surface area contributed by atoms with E-state index in [1.54, 1.807) is 0 Å². The molecular formula is C12H23NO3. The van der Waals surface area contributed by atoms with Crippen LogP contribution in [0, 0.1) is 11.3 Å². The van der Waals surface area contributed by atoms with Gasteiger partial charge in [-0.2, -0.15) is 0 Å². The molecule has 0 spiro atoms. The Morgan fingerprint density at radius 1 is 1.56 bits per heavy atom. The summed E-state index contributed by atoms with van der Waals surface area (Å²) in [5.74, 6) is -0.124. The van der Waals surface area contributed by atoms with Gasteiger partial charge in [-0.25, -0.2) is 0 Å². The molecule has 4 nitrogen and oxygen atoms in total. The number of carboxylic acid groups (broad SMARTS) is 1. The van der Waals surface area contributed by atoms with E-state index in [0.29, 0.717) is 19.1 Å². The predicted octanol–water partition coefficient (Wildman–Crippen LogP) is 1.46. The molecule has 1 fully saturated rings. The van der Waals surface area contributed by atoms with Gasteiger partial charge in [0, 0.05) is 19.7 Å². The summed E-state index contributed by atoms with van der Waals surface area (Å²) in [4.78, 5) is 13.2. The number of hydrogen-bond acceptors (Lipinski definition) is 3. The summed E-state index contributed by atoms with van der Waals surface area (Å²) in [6.07, 6.45) is 0.743. The molecule has 0 amide bonds. The average Bonchev–Trinajstić information content (AvgIpc) is 2.56. The third-order valence-electron chi connectivity index (χ3n) is 3.07. The van der Waals surface area contributed by atoms with Crippen LogP contribution >= 0.6 is 0 Å². The monoisotopic (exact) mass is 229 g/mol. The van der Waals surface area contributed by atoms with E-state index in [0.717, 1.165) is 26.1 Å². The molecular weight excluding hydrogens is 206 g/mol. The Balaban J connectivity index is 2.19. The largest absolute Gasteiger partial charge is 0.481 e. The number of carbonyl (C=O) groups is 1. The quantitative estimate of drug-likeness (QED) is 0.700. The van der Waals surface area contributed by atoms with Crippen LogP contribution in [-0.4, -0.2) is 48.8 Å². The summed E-state index contributed by atoms with van der Waals surface area (Å²) in [6, 6.07) is 0. The van der Waals surface area contributed by atoms with Crippen LogP contribution in [-0.2, 0) is 9.53 Å². The summed E-state index contributed by atoms with van der Waals surface area (Å²) >= 11 is 0. The van der Waals surface area contributed by atoms with Crippen molar-refractivity contribution in [2.75, 3.05) is 32.8 Å². The first-order valence-electron chi connectivity index (χ1n) is 5.97. The summed E-state index contributed by atoms with van der Waals surface area (Å²) < 4.78 is 5.50. The molecule has 0 saturated carbocycles. The first kappa shape index (κ1) is 13.5. The Morgan fingerprint density at radius 2 is 2.25 bits per heavy atom. The van der Waals surface area contributed by atoms with Gasteiger partial charge in [-0.15, -0.1) is 0 Å². The molecule has 16 heavy (non-hydrogen) atoms. The molecule has 0 radical (unpaired) electrons. The van der Waals surface area contributed by atoms with E-state index in [4.69, 9.17) is 9.84 Å². The SMILES string of the molecule is CC(C)COCCN1CCC(C)(C(=O)O)C1. The van der Waals surface area contributed by atoms with Gasteiger partial charge in [-0.3, -0.25) is 9.69 Å². The van der Waals surface area contributed by atoms with E-state index in [2.05, 4.69) is 18.7 Å². The zero-order valence-corrected chi connectivity index (χ0v) is 10.5. The maximum Gasteiger partial charge on any atom is 0.310 e. The number of ether oxygens (including phenoxy) is 1. The van der Waals surface area contributed by atoms with Crippen LogP contribution in [0.4, 0.5) is 0 Å². The van der Waals surface area contributed by atoms with E-state index < -0.39 is 11.4 Å². The maximum absolute atomic E-state index is 11.0. The minimum atomic E-state index is -0.682. The summed E-state index contributed by atoms with van der Waals surface area (Å²) in [5.41, 5.74) is -0.557. The number of nitrogens with zero attached hydrogens (tertiary/aromatic N) is 1. The van der Waals surface area contributed by atoms with Gasteiger partial charge >= 0.3 is 5.97 Å². The van der Waals surface area contributed by atoms with E-state index in [-0.39, 0.29) is 0 Å². The van der Waals surface area contributed by atoms with Crippen LogP contribution in [0.2, 0.25) is 0 Å². The maximum atomic E-state index is 11.0. The Labute approximate surface area is 97.6 Å². The zero-order chi connectivity index (χ0) is 12.2. The van der Waals surface area contributed by atoms with Gasteiger partial charge in [0.25, 0.3) is 0 Å². The van der Waals surface area contributed by atoms with Crippen LogP contribution in [0.5, 0.6) is 0 Å². The Morgan fingerprint density at radius 3 is 2.75 bits per heavy atom. The van der Waals surface area contributed by atoms with Gasteiger partial charge in [0.05, 0.1) is 12.0 Å². The lowest BCUT2D eigenvalue weighted by molar-refractivity contribution is -0.147. The van der Waals surface area contributed by atoms with Crippen molar-refractivity contribution in [3.8, 4) is 0 Å². The second-order valence-corrected chi connectivity index (χ2v) is 5.36. The third kappa shape index (κ3) is 3.76. The van der Waals surface area contributed by atoms with Crippen molar-refractivity contribution >= 4 is 5.97 Å². The summed E-state index contributed by atoms with van der Waals surface area (Å²) in [6.45, 7) is 9.91. The van der Waals surface area contributed by atoms with Crippen LogP contribution < -0.4 is 0 Å². The Hall–Kier alpha value is -0.610. The lowest BCUT2D eigenvalue weighted by atomic mass is 9.90. The smallest absolute Gasteiger partial charge is 0.310 e. The first-order valence-corrected chi connectivity index (χ1v) is 5.97. The third-order valence-corrected chi connectivity index (χ3v) is 3.07. The predicted molar refractivity (Wildman–Crippen MR) is 62.5 cm³/mol. The molecule has 4 heteroatoms. The van der Waals surface area contributed by atoms with Gasteiger partial charge in [0.2, 0.25) is 0 Å². The van der Waals surface area contributed by atoms with Crippen LogP contribution in [0.3, 0.4) is 0 Å². The molecule has 1 atom stereocenters. The van der Waals surface area contributed by atoms with E-state index in [9.17, 15) is 4.79 Å². The normalized spacial score (nSPS) is 26.5. The van der Waals surface area contributed by atoms with Crippen molar-refractivity contribution in [2.45, 2.75) is 27.2 Å². The van der Waals surface area contributed by atoms with Crippen molar-refractivity contribution in [1.29, 1.82) is 0 Å². The molecule has 94 valence electrons. The lowest BCUT2D eigenvalue weighted by Crippen LogP contribution is -2.33. The number of carboxylic acids is 1. The molecule has 0 aromatic rings. The average molecular weight is 229 g/mol. The molecule has 1 N–H and O–H groups in total. The van der Waals surface area contributed by atoms with Gasteiger partial charge in [0.15, 0.2) is 0 Å². The molecule has 0 bridgehead atoms. The van der Waals surface area contributed by atoms with Crippen molar-refractivity contribution in [2.24, 2.45) is 11.3 Å². The number of rotatable bonds is 6. The van der Waals surface area contributed by atoms with Crippen molar-refractivity contribution in [3.05, 3.63) is 0 Å². The van der Waals surface area contributed by atoms with Crippen LogP contribution in [0.15, 0.2) is 0 Å². The minimum absolute atomic E-state index is 0.557. The van der Waals surface area contributed by atoms with Gasteiger partial charge < -0.3 is 9.84 Å². The fourth-order valence-electron chi connectivity index (χ4n) is 1.93. The van der Waals surface area contributed by atoms with E-state index >= 15 is 0 Å². The molecule has 1 saturated heterocycles. The molecule has 0 aromatic carbocycles. The summed E-state index contributed by atoms with van der Waals surface area (Å²) in [5, 5.41) is 9.08. The van der Waals surface area contributed by atoms with Gasteiger partial charge in [-0.05, 0) is 25.8 Å². The molecule has 1 rings (SSSR count). The van der Waals surface area contributed by atoms with E-state index in [1.165, 1.54) is 0 Å². The molecule has 0 aromatic heterocycles. The number of aliphatic carboxylic acids is 1. The molecule has 1 heterocycles. The molecule has 1 aliphatic heterocycles. The molecule has 1 aliphatic rings. The van der Waals surface area contributed by atoms with E-state index in [1.807, 2.05) is 6.92 Å². The highest BCUT2D eigenvalue weighted by atomic mass is 16.5. The first-order chi connectivity index (χ1) is 7.44. The standard InChI is InChI=1S/C12H23NO3/c1-10(2)8-16-7-6-13-5-4-12(3,9-13)11(14)15/h10H,4-9H2,1-3H3,(H,14,15). The lowest BCUT2D eigenvalue weighted by Gasteiger charge is -2.20. The minimum Gasteiger partial charge on any atom is -0.481 e. The fourth-order valence-corrected chi connectivity index (χ4v) is 1.93.